The topological polar surface area (TPSA) is 33.3 Å². The van der Waals surface area contributed by atoms with Crippen LogP contribution >= 0.6 is 0 Å². The second-order valence-electron chi connectivity index (χ2n) is 3.19. The fourth-order valence-electron chi connectivity index (χ4n) is 0.616. The van der Waals surface area contributed by atoms with Crippen LogP contribution in [0.1, 0.15) is 20.8 Å². The van der Waals surface area contributed by atoms with Gasteiger partial charge in [-0.2, -0.15) is 0 Å². The van der Waals surface area contributed by atoms with Crippen LogP contribution in [-0.2, 0) is 4.74 Å². The van der Waals surface area contributed by atoms with Crippen molar-refractivity contribution >= 4 is 0 Å². The second-order valence-corrected chi connectivity index (χ2v) is 3.19. The minimum Gasteiger partial charge on any atom is -0.344 e. The zero-order valence-electron chi connectivity index (χ0n) is 7.49. The van der Waals surface area contributed by atoms with Crippen molar-refractivity contribution in [1.82, 2.24) is 10.6 Å². The van der Waals surface area contributed by atoms with Crippen LogP contribution in [0.3, 0.4) is 0 Å². The molecule has 10 heavy (non-hydrogen) atoms. The highest BCUT2D eigenvalue weighted by molar-refractivity contribution is 4.60. The monoisotopic (exact) mass is 146 g/mol. The smallest absolute Gasteiger partial charge is 0.163 e. The minimum atomic E-state index is -0.101. The highest BCUT2D eigenvalue weighted by Crippen LogP contribution is 2.07. The summed E-state index contributed by atoms with van der Waals surface area (Å²) in [4.78, 5) is 0. The van der Waals surface area contributed by atoms with Gasteiger partial charge in [0.1, 0.15) is 0 Å². The first-order chi connectivity index (χ1) is 4.49. The van der Waals surface area contributed by atoms with E-state index < -0.39 is 0 Å². The number of hydrogen-bond donors (Lipinski definition) is 2. The van der Waals surface area contributed by atoms with Gasteiger partial charge in [-0.15, -0.1) is 0 Å². The molecule has 0 saturated carbocycles. The zero-order chi connectivity index (χ0) is 8.20. The zero-order valence-corrected chi connectivity index (χ0v) is 7.49. The molecule has 0 spiro atoms. The summed E-state index contributed by atoms with van der Waals surface area (Å²) in [6, 6.07) is 0. The number of rotatable bonds is 3. The fourth-order valence-corrected chi connectivity index (χ4v) is 0.616. The van der Waals surface area contributed by atoms with Gasteiger partial charge in [-0.3, -0.25) is 10.6 Å². The molecule has 0 radical (unpaired) electrons. The minimum absolute atomic E-state index is 0.0556. The summed E-state index contributed by atoms with van der Waals surface area (Å²) < 4.78 is 5.51. The maximum Gasteiger partial charge on any atom is 0.163 e. The lowest BCUT2D eigenvalue weighted by Gasteiger charge is -2.26. The molecule has 2 N–H and O–H groups in total. The summed E-state index contributed by atoms with van der Waals surface area (Å²) in [7, 11) is 3.71. The van der Waals surface area contributed by atoms with Crippen LogP contribution in [0.25, 0.3) is 0 Å². The van der Waals surface area contributed by atoms with E-state index in [2.05, 4.69) is 10.6 Å². The Bertz CT molecular complexity index is 84.1. The van der Waals surface area contributed by atoms with Gasteiger partial charge < -0.3 is 4.74 Å². The molecule has 0 aromatic carbocycles. The summed E-state index contributed by atoms with van der Waals surface area (Å²) in [5.74, 6) is 0. The molecule has 62 valence electrons. The van der Waals surface area contributed by atoms with Gasteiger partial charge in [-0.05, 0) is 34.9 Å². The molecule has 0 aliphatic rings. The molecule has 0 fully saturated rings. The van der Waals surface area contributed by atoms with Crippen molar-refractivity contribution in [3.63, 3.8) is 0 Å². The molecule has 0 aliphatic carbocycles. The number of ether oxygens (including phenoxy) is 1. The van der Waals surface area contributed by atoms with Crippen molar-refractivity contribution < 1.29 is 4.74 Å². The molecule has 0 rings (SSSR count). The average Bonchev–Trinajstić information content (AvgIpc) is 1.81. The van der Waals surface area contributed by atoms with Crippen LogP contribution in [0.15, 0.2) is 0 Å². The lowest BCUT2D eigenvalue weighted by atomic mass is 10.2. The van der Waals surface area contributed by atoms with E-state index in [0.717, 1.165) is 0 Å². The van der Waals surface area contributed by atoms with Crippen molar-refractivity contribution in [3.8, 4) is 0 Å². The first-order valence-corrected chi connectivity index (χ1v) is 3.52. The van der Waals surface area contributed by atoms with Crippen molar-refractivity contribution in [3.05, 3.63) is 0 Å². The van der Waals surface area contributed by atoms with E-state index >= 15 is 0 Å². The van der Waals surface area contributed by atoms with Gasteiger partial charge in [0.05, 0.1) is 5.60 Å². The van der Waals surface area contributed by atoms with Gasteiger partial charge in [-0.1, -0.05) is 0 Å². The predicted octanol–water partition coefficient (Wildman–Crippen LogP) is 0.524. The van der Waals surface area contributed by atoms with E-state index in [1.807, 2.05) is 34.9 Å². The second kappa shape index (κ2) is 3.91. The SMILES string of the molecule is CNC(NC)OC(C)(C)C. The van der Waals surface area contributed by atoms with E-state index in [4.69, 9.17) is 4.74 Å². The molecule has 0 heterocycles. The molecule has 0 atom stereocenters. The predicted molar refractivity (Wildman–Crippen MR) is 42.7 cm³/mol. The molecule has 0 aromatic heterocycles. The lowest BCUT2D eigenvalue weighted by molar-refractivity contribution is -0.0835. The summed E-state index contributed by atoms with van der Waals surface area (Å²) in [6.45, 7) is 6.07. The van der Waals surface area contributed by atoms with E-state index in [1.54, 1.807) is 0 Å². The van der Waals surface area contributed by atoms with Gasteiger partial charge in [0.25, 0.3) is 0 Å². The third-order valence-electron chi connectivity index (χ3n) is 0.996. The third kappa shape index (κ3) is 4.73. The Morgan fingerprint density at radius 1 is 1.10 bits per heavy atom. The molecule has 0 unspecified atom stereocenters. The summed E-state index contributed by atoms with van der Waals surface area (Å²) in [5.41, 5.74) is -0.101. The van der Waals surface area contributed by atoms with E-state index in [-0.39, 0.29) is 12.0 Å². The van der Waals surface area contributed by atoms with Crippen LogP contribution in [0, 0.1) is 0 Å². The highest BCUT2D eigenvalue weighted by atomic mass is 16.5. The van der Waals surface area contributed by atoms with Crippen LogP contribution in [-0.4, -0.2) is 26.0 Å². The van der Waals surface area contributed by atoms with Gasteiger partial charge in [-0.25, -0.2) is 0 Å². The Hall–Kier alpha value is -0.120. The van der Waals surface area contributed by atoms with Crippen molar-refractivity contribution in [1.29, 1.82) is 0 Å². The Kier molecular flexibility index (Phi) is 3.86. The third-order valence-corrected chi connectivity index (χ3v) is 0.996. The lowest BCUT2D eigenvalue weighted by Crippen LogP contribution is -2.44. The Balaban J connectivity index is 3.63. The van der Waals surface area contributed by atoms with Gasteiger partial charge >= 0.3 is 0 Å². The summed E-state index contributed by atoms with van der Waals surface area (Å²) in [6.07, 6.45) is -0.0556. The number of nitrogens with one attached hydrogen (secondary N) is 2. The molecule has 3 heteroatoms. The molecule has 3 nitrogen and oxygen atoms in total. The first kappa shape index (κ1) is 9.88. The van der Waals surface area contributed by atoms with Crippen LogP contribution in [0.4, 0.5) is 0 Å². The highest BCUT2D eigenvalue weighted by Gasteiger charge is 2.14. The molecule has 0 aromatic rings. The van der Waals surface area contributed by atoms with E-state index in [9.17, 15) is 0 Å². The largest absolute Gasteiger partial charge is 0.344 e. The molecule has 0 amide bonds. The summed E-state index contributed by atoms with van der Waals surface area (Å²) >= 11 is 0. The van der Waals surface area contributed by atoms with Crippen LogP contribution in [0.2, 0.25) is 0 Å². The molecule has 0 saturated heterocycles. The fraction of sp³-hybridized carbons (Fsp3) is 1.00. The van der Waals surface area contributed by atoms with E-state index in [1.165, 1.54) is 0 Å². The van der Waals surface area contributed by atoms with Crippen molar-refractivity contribution in [2.24, 2.45) is 0 Å². The van der Waals surface area contributed by atoms with Gasteiger partial charge in [0.2, 0.25) is 0 Å². The standard InChI is InChI=1S/C7H18N2O/c1-7(2,3)10-6(8-4)9-5/h6,8-9H,1-5H3. The maximum atomic E-state index is 5.51. The van der Waals surface area contributed by atoms with Crippen LogP contribution < -0.4 is 10.6 Å². The average molecular weight is 146 g/mol. The van der Waals surface area contributed by atoms with Crippen molar-refractivity contribution in [2.75, 3.05) is 14.1 Å². The quantitative estimate of drug-likeness (QED) is 0.570. The Morgan fingerprint density at radius 3 is 1.60 bits per heavy atom. The van der Waals surface area contributed by atoms with E-state index in [0.29, 0.717) is 0 Å². The van der Waals surface area contributed by atoms with Crippen LogP contribution in [0.5, 0.6) is 0 Å². The first-order valence-electron chi connectivity index (χ1n) is 3.52. The van der Waals surface area contributed by atoms with Gasteiger partial charge in [0, 0.05) is 0 Å². The normalized spacial score (nSPS) is 12.6. The van der Waals surface area contributed by atoms with Gasteiger partial charge in [0.15, 0.2) is 6.35 Å². The molecular formula is C7H18N2O. The maximum absolute atomic E-state index is 5.51. The summed E-state index contributed by atoms with van der Waals surface area (Å²) in [5, 5.41) is 5.95. The molecule has 0 bridgehead atoms. The Morgan fingerprint density at radius 2 is 1.50 bits per heavy atom. The Labute approximate surface area is 63.1 Å². The molecular weight excluding hydrogens is 128 g/mol. The van der Waals surface area contributed by atoms with Crippen molar-refractivity contribution in [2.45, 2.75) is 32.7 Å². The number of hydrogen-bond acceptors (Lipinski definition) is 3. The molecule has 0 aliphatic heterocycles.